The predicted octanol–water partition coefficient (Wildman–Crippen LogP) is 4.98. The van der Waals surface area contributed by atoms with Crippen LogP contribution in [-0.2, 0) is 0 Å². The minimum atomic E-state index is 0.429. The Kier molecular flexibility index (Phi) is 4.23. The van der Waals surface area contributed by atoms with Crippen LogP contribution in [0.4, 0.5) is 0 Å². The summed E-state index contributed by atoms with van der Waals surface area (Å²) in [5.41, 5.74) is 4.01. The largest absolute Gasteiger partial charge is 0.480 e. The van der Waals surface area contributed by atoms with Crippen LogP contribution in [0.25, 0.3) is 33.2 Å². The summed E-state index contributed by atoms with van der Waals surface area (Å²) in [6, 6.07) is 23.0. The van der Waals surface area contributed by atoms with E-state index < -0.39 is 0 Å². The lowest BCUT2D eigenvalue weighted by atomic mass is 9.97. The van der Waals surface area contributed by atoms with Gasteiger partial charge in [0.25, 0.3) is 0 Å². The molecule has 128 valence electrons. The van der Waals surface area contributed by atoms with Gasteiger partial charge in [-0.1, -0.05) is 66.7 Å². The summed E-state index contributed by atoms with van der Waals surface area (Å²) in [7, 11) is 3.14. The Labute approximate surface area is 152 Å². The molecule has 0 radical (unpaired) electrons. The summed E-state index contributed by atoms with van der Waals surface area (Å²) in [6.45, 7) is 0. The number of methoxy groups -OCH3 is 2. The zero-order valence-electron chi connectivity index (χ0n) is 14.6. The first-order valence-electron chi connectivity index (χ1n) is 8.34. The summed E-state index contributed by atoms with van der Waals surface area (Å²) >= 11 is 0. The third-order valence-electron chi connectivity index (χ3n) is 4.38. The van der Waals surface area contributed by atoms with E-state index in [1.165, 1.54) is 16.3 Å². The molecule has 0 unspecified atom stereocenters. The Morgan fingerprint density at radius 1 is 0.731 bits per heavy atom. The van der Waals surface area contributed by atoms with Crippen LogP contribution in [0.15, 0.2) is 72.9 Å². The SMILES string of the molecule is COc1cnc(-c2ccc(-c3cccc4ccccc34)cc2)c(OC)n1. The van der Waals surface area contributed by atoms with Gasteiger partial charge in [-0.15, -0.1) is 0 Å². The Hall–Kier alpha value is -3.40. The van der Waals surface area contributed by atoms with Crippen molar-refractivity contribution in [3.8, 4) is 34.1 Å². The van der Waals surface area contributed by atoms with Crippen molar-refractivity contribution in [2.45, 2.75) is 0 Å². The van der Waals surface area contributed by atoms with E-state index in [-0.39, 0.29) is 0 Å². The summed E-state index contributed by atoms with van der Waals surface area (Å²) < 4.78 is 10.5. The lowest BCUT2D eigenvalue weighted by Gasteiger charge is -2.10. The number of rotatable bonds is 4. The number of nitrogens with zero attached hydrogens (tertiary/aromatic N) is 2. The second-order valence-corrected chi connectivity index (χ2v) is 5.87. The molecule has 4 nitrogen and oxygen atoms in total. The zero-order valence-corrected chi connectivity index (χ0v) is 14.6. The predicted molar refractivity (Wildman–Crippen MR) is 104 cm³/mol. The third kappa shape index (κ3) is 2.86. The highest BCUT2D eigenvalue weighted by atomic mass is 16.5. The molecule has 0 N–H and O–H groups in total. The molecule has 0 fully saturated rings. The molecule has 0 saturated heterocycles. The highest BCUT2D eigenvalue weighted by molar-refractivity contribution is 5.96. The molecule has 0 aliphatic heterocycles. The fourth-order valence-corrected chi connectivity index (χ4v) is 3.08. The number of benzene rings is 3. The number of ether oxygens (including phenoxy) is 2. The lowest BCUT2D eigenvalue weighted by molar-refractivity contribution is 0.362. The molecule has 1 aromatic heterocycles. The van der Waals surface area contributed by atoms with E-state index in [0.29, 0.717) is 17.5 Å². The molecule has 4 aromatic rings. The highest BCUT2D eigenvalue weighted by Gasteiger charge is 2.11. The Morgan fingerprint density at radius 3 is 2.23 bits per heavy atom. The van der Waals surface area contributed by atoms with Gasteiger partial charge in [0.05, 0.1) is 20.4 Å². The fourth-order valence-electron chi connectivity index (χ4n) is 3.08. The van der Waals surface area contributed by atoms with E-state index in [0.717, 1.165) is 11.1 Å². The minimum Gasteiger partial charge on any atom is -0.480 e. The summed E-state index contributed by atoms with van der Waals surface area (Å²) in [5, 5.41) is 2.47. The van der Waals surface area contributed by atoms with E-state index >= 15 is 0 Å². The van der Waals surface area contributed by atoms with Crippen LogP contribution in [-0.4, -0.2) is 24.2 Å². The first-order chi connectivity index (χ1) is 12.8. The Bertz CT molecular complexity index is 1050. The van der Waals surface area contributed by atoms with E-state index in [1.807, 2.05) is 12.1 Å². The van der Waals surface area contributed by atoms with Crippen LogP contribution in [0, 0.1) is 0 Å². The van der Waals surface area contributed by atoms with Crippen LogP contribution in [0.1, 0.15) is 0 Å². The van der Waals surface area contributed by atoms with E-state index in [2.05, 4.69) is 64.6 Å². The number of hydrogen-bond donors (Lipinski definition) is 0. The zero-order chi connectivity index (χ0) is 17.9. The van der Waals surface area contributed by atoms with Gasteiger partial charge in [0.2, 0.25) is 11.8 Å². The average Bonchev–Trinajstić information content (AvgIpc) is 2.73. The molecular formula is C22H18N2O2. The monoisotopic (exact) mass is 342 g/mol. The van der Waals surface area contributed by atoms with Gasteiger partial charge in [0.1, 0.15) is 5.69 Å². The van der Waals surface area contributed by atoms with Crippen molar-refractivity contribution in [3.05, 3.63) is 72.9 Å². The smallest absolute Gasteiger partial charge is 0.243 e. The van der Waals surface area contributed by atoms with Crippen LogP contribution >= 0.6 is 0 Å². The number of aromatic nitrogens is 2. The maximum atomic E-state index is 5.36. The summed E-state index contributed by atoms with van der Waals surface area (Å²) in [5.74, 6) is 0.875. The van der Waals surface area contributed by atoms with Gasteiger partial charge < -0.3 is 9.47 Å². The molecule has 26 heavy (non-hydrogen) atoms. The maximum absolute atomic E-state index is 5.36. The van der Waals surface area contributed by atoms with E-state index in [4.69, 9.17) is 9.47 Å². The first-order valence-corrected chi connectivity index (χ1v) is 8.34. The number of fused-ring (bicyclic) bond motifs is 1. The van der Waals surface area contributed by atoms with E-state index in [9.17, 15) is 0 Å². The summed E-state index contributed by atoms with van der Waals surface area (Å²) in [4.78, 5) is 8.73. The van der Waals surface area contributed by atoms with E-state index in [1.54, 1.807) is 20.4 Å². The molecule has 0 aliphatic rings. The normalized spacial score (nSPS) is 10.7. The molecule has 0 saturated carbocycles. The highest BCUT2D eigenvalue weighted by Crippen LogP contribution is 2.32. The van der Waals surface area contributed by atoms with Crippen molar-refractivity contribution in [2.75, 3.05) is 14.2 Å². The first kappa shape index (κ1) is 16.1. The second-order valence-electron chi connectivity index (χ2n) is 5.87. The Balaban J connectivity index is 1.76. The van der Waals surface area contributed by atoms with Crippen molar-refractivity contribution in [3.63, 3.8) is 0 Å². The lowest BCUT2D eigenvalue weighted by Crippen LogP contribution is -1.97. The maximum Gasteiger partial charge on any atom is 0.243 e. The second kappa shape index (κ2) is 6.84. The molecule has 0 spiro atoms. The van der Waals surface area contributed by atoms with Crippen LogP contribution in [0.5, 0.6) is 11.8 Å². The topological polar surface area (TPSA) is 44.2 Å². The van der Waals surface area contributed by atoms with Gasteiger partial charge >= 0.3 is 0 Å². The standard InChI is InChI=1S/C22H18N2O2/c1-25-20-14-23-21(22(24-20)26-2)17-12-10-16(11-13-17)19-9-5-7-15-6-3-4-8-18(15)19/h3-14H,1-2H3. The van der Waals surface area contributed by atoms with Crippen molar-refractivity contribution in [2.24, 2.45) is 0 Å². The molecule has 0 atom stereocenters. The third-order valence-corrected chi connectivity index (χ3v) is 4.38. The molecule has 4 rings (SSSR count). The van der Waals surface area contributed by atoms with Crippen LogP contribution in [0.2, 0.25) is 0 Å². The van der Waals surface area contributed by atoms with Gasteiger partial charge in [0, 0.05) is 5.56 Å². The van der Waals surface area contributed by atoms with Gasteiger partial charge in [-0.05, 0) is 21.9 Å². The van der Waals surface area contributed by atoms with Crippen molar-refractivity contribution >= 4 is 10.8 Å². The molecule has 4 heteroatoms. The molecule has 0 bridgehead atoms. The molecule has 0 amide bonds. The molecular weight excluding hydrogens is 324 g/mol. The van der Waals surface area contributed by atoms with Gasteiger partial charge in [0.15, 0.2) is 0 Å². The quantitative estimate of drug-likeness (QED) is 0.524. The van der Waals surface area contributed by atoms with Gasteiger partial charge in [-0.2, -0.15) is 4.98 Å². The van der Waals surface area contributed by atoms with Crippen molar-refractivity contribution in [1.82, 2.24) is 9.97 Å². The van der Waals surface area contributed by atoms with Crippen molar-refractivity contribution in [1.29, 1.82) is 0 Å². The van der Waals surface area contributed by atoms with Gasteiger partial charge in [-0.3, -0.25) is 0 Å². The fraction of sp³-hybridized carbons (Fsp3) is 0.0909. The molecule has 1 heterocycles. The molecule has 0 aliphatic carbocycles. The van der Waals surface area contributed by atoms with Crippen molar-refractivity contribution < 1.29 is 9.47 Å². The summed E-state index contributed by atoms with van der Waals surface area (Å²) in [6.07, 6.45) is 1.59. The Morgan fingerprint density at radius 2 is 1.46 bits per heavy atom. The molecule has 3 aromatic carbocycles. The minimum absolute atomic E-state index is 0.429. The van der Waals surface area contributed by atoms with Crippen LogP contribution < -0.4 is 9.47 Å². The average molecular weight is 342 g/mol. The number of hydrogen-bond acceptors (Lipinski definition) is 4. The van der Waals surface area contributed by atoms with Gasteiger partial charge in [-0.25, -0.2) is 4.98 Å². The van der Waals surface area contributed by atoms with Crippen LogP contribution in [0.3, 0.4) is 0 Å².